The molecule has 2 heterocycles. The highest BCUT2D eigenvalue weighted by atomic mass is 15.3. The van der Waals surface area contributed by atoms with Crippen LogP contribution >= 0.6 is 0 Å². The number of hydrogen-bond donors (Lipinski definition) is 1. The lowest BCUT2D eigenvalue weighted by Crippen LogP contribution is -2.61. The maximum absolute atomic E-state index is 3.57. The van der Waals surface area contributed by atoms with Crippen LogP contribution in [0.1, 0.15) is 46.5 Å². The van der Waals surface area contributed by atoms with Crippen molar-refractivity contribution in [1.29, 1.82) is 0 Å². The number of hydrogen-bond acceptors (Lipinski definition) is 3. The van der Waals surface area contributed by atoms with E-state index in [4.69, 9.17) is 0 Å². The molecule has 1 N–H and O–H groups in total. The summed E-state index contributed by atoms with van der Waals surface area (Å²) in [7, 11) is 0. The Bertz CT molecular complexity index is 244. The van der Waals surface area contributed by atoms with Gasteiger partial charge in [-0.25, -0.2) is 0 Å². The molecule has 2 fully saturated rings. The van der Waals surface area contributed by atoms with E-state index in [2.05, 4.69) is 35.9 Å². The maximum atomic E-state index is 3.57. The molecular weight excluding hydrogens is 222 g/mol. The van der Waals surface area contributed by atoms with Crippen molar-refractivity contribution in [2.45, 2.75) is 64.6 Å². The molecule has 2 aliphatic rings. The fourth-order valence-electron chi connectivity index (χ4n) is 3.59. The molecule has 3 unspecified atom stereocenters. The molecule has 3 heteroatoms. The van der Waals surface area contributed by atoms with Crippen LogP contribution in [0.15, 0.2) is 0 Å². The average molecular weight is 253 g/mol. The number of fused-ring (bicyclic) bond motifs is 1. The fourth-order valence-corrected chi connectivity index (χ4v) is 3.59. The first-order valence-electron chi connectivity index (χ1n) is 7.93. The van der Waals surface area contributed by atoms with Crippen LogP contribution in [0.2, 0.25) is 0 Å². The highest BCUT2D eigenvalue weighted by Gasteiger charge is 2.34. The van der Waals surface area contributed by atoms with E-state index in [-0.39, 0.29) is 0 Å². The molecular formula is C15H31N3. The Morgan fingerprint density at radius 1 is 1.28 bits per heavy atom. The first-order valence-corrected chi connectivity index (χ1v) is 7.93. The van der Waals surface area contributed by atoms with Gasteiger partial charge < -0.3 is 5.32 Å². The third-order valence-electron chi connectivity index (χ3n) is 4.67. The van der Waals surface area contributed by atoms with Crippen LogP contribution in [0.4, 0.5) is 0 Å². The molecule has 3 atom stereocenters. The molecule has 0 aromatic rings. The van der Waals surface area contributed by atoms with E-state index in [1.807, 2.05) is 0 Å². The first-order chi connectivity index (χ1) is 8.72. The Labute approximate surface area is 113 Å². The Hall–Kier alpha value is -0.120. The van der Waals surface area contributed by atoms with Crippen LogP contribution in [0.25, 0.3) is 0 Å². The second kappa shape index (κ2) is 6.88. The summed E-state index contributed by atoms with van der Waals surface area (Å²) in [6, 6.07) is 2.23. The van der Waals surface area contributed by atoms with E-state index in [0.29, 0.717) is 6.04 Å². The molecule has 0 radical (unpaired) electrons. The van der Waals surface area contributed by atoms with Crippen LogP contribution in [0.5, 0.6) is 0 Å². The number of rotatable bonds is 5. The van der Waals surface area contributed by atoms with E-state index < -0.39 is 0 Å². The predicted molar refractivity (Wildman–Crippen MR) is 78.0 cm³/mol. The normalized spacial score (nSPS) is 32.2. The first kappa shape index (κ1) is 14.3. The third kappa shape index (κ3) is 3.46. The molecule has 0 aromatic carbocycles. The summed E-state index contributed by atoms with van der Waals surface area (Å²) in [6.07, 6.45) is 5.50. The number of piperazine rings is 1. The topological polar surface area (TPSA) is 18.5 Å². The Balaban J connectivity index is 1.84. The van der Waals surface area contributed by atoms with Crippen LogP contribution in [-0.4, -0.2) is 60.6 Å². The lowest BCUT2D eigenvalue weighted by atomic mass is 9.96. The van der Waals surface area contributed by atoms with Crippen molar-refractivity contribution in [3.05, 3.63) is 0 Å². The molecule has 0 aliphatic carbocycles. The lowest BCUT2D eigenvalue weighted by molar-refractivity contribution is -0.00368. The van der Waals surface area contributed by atoms with Crippen molar-refractivity contribution < 1.29 is 0 Å². The zero-order valence-electron chi connectivity index (χ0n) is 12.5. The molecule has 18 heavy (non-hydrogen) atoms. The van der Waals surface area contributed by atoms with Crippen LogP contribution in [-0.2, 0) is 0 Å². The maximum Gasteiger partial charge on any atom is 0.0224 e. The average Bonchev–Trinajstić information content (AvgIpc) is 2.38. The van der Waals surface area contributed by atoms with Gasteiger partial charge in [-0.1, -0.05) is 13.3 Å². The van der Waals surface area contributed by atoms with Gasteiger partial charge in [0.1, 0.15) is 0 Å². The molecule has 106 valence electrons. The Morgan fingerprint density at radius 3 is 2.89 bits per heavy atom. The van der Waals surface area contributed by atoms with E-state index in [1.54, 1.807) is 0 Å². The van der Waals surface area contributed by atoms with Gasteiger partial charge in [-0.15, -0.1) is 0 Å². The summed E-state index contributed by atoms with van der Waals surface area (Å²) in [5.41, 5.74) is 0. The summed E-state index contributed by atoms with van der Waals surface area (Å²) >= 11 is 0. The molecule has 2 rings (SSSR count). The SMILES string of the molecule is CCCNCC(C)N1CC2CCCCN2CC1C. The van der Waals surface area contributed by atoms with Gasteiger partial charge in [0.05, 0.1) is 0 Å². The summed E-state index contributed by atoms with van der Waals surface area (Å²) in [4.78, 5) is 5.46. The standard InChI is InChI=1S/C15H31N3/c1-4-8-16-10-13(2)18-12-15-7-5-6-9-17(15)11-14(18)3/h13-16H,4-12H2,1-3H3. The smallest absolute Gasteiger partial charge is 0.0224 e. The van der Waals surface area contributed by atoms with Crippen molar-refractivity contribution in [2.24, 2.45) is 0 Å². The van der Waals surface area contributed by atoms with E-state index in [1.165, 1.54) is 45.3 Å². The molecule has 3 nitrogen and oxygen atoms in total. The van der Waals surface area contributed by atoms with Gasteiger partial charge in [0.2, 0.25) is 0 Å². The quantitative estimate of drug-likeness (QED) is 0.755. The summed E-state index contributed by atoms with van der Waals surface area (Å²) < 4.78 is 0. The fraction of sp³-hybridized carbons (Fsp3) is 1.00. The van der Waals surface area contributed by atoms with Gasteiger partial charge in [-0.2, -0.15) is 0 Å². The molecule has 0 aromatic heterocycles. The van der Waals surface area contributed by atoms with Crippen molar-refractivity contribution in [3.63, 3.8) is 0 Å². The summed E-state index contributed by atoms with van der Waals surface area (Å²) in [5, 5.41) is 3.57. The molecule has 2 saturated heterocycles. The zero-order chi connectivity index (χ0) is 13.0. The van der Waals surface area contributed by atoms with Crippen LogP contribution in [0, 0.1) is 0 Å². The zero-order valence-corrected chi connectivity index (χ0v) is 12.5. The molecule has 0 spiro atoms. The van der Waals surface area contributed by atoms with Crippen molar-refractivity contribution in [1.82, 2.24) is 15.1 Å². The molecule has 0 saturated carbocycles. The summed E-state index contributed by atoms with van der Waals surface area (Å²) in [6.45, 7) is 13.2. The largest absolute Gasteiger partial charge is 0.315 e. The highest BCUT2D eigenvalue weighted by molar-refractivity contribution is 4.91. The predicted octanol–water partition coefficient (Wildman–Crippen LogP) is 1.93. The number of nitrogens with one attached hydrogen (secondary N) is 1. The summed E-state index contributed by atoms with van der Waals surface area (Å²) in [5.74, 6) is 0. The van der Waals surface area contributed by atoms with Crippen LogP contribution in [0.3, 0.4) is 0 Å². The van der Waals surface area contributed by atoms with E-state index in [9.17, 15) is 0 Å². The van der Waals surface area contributed by atoms with Gasteiger partial charge in [-0.3, -0.25) is 9.80 Å². The van der Waals surface area contributed by atoms with Gasteiger partial charge in [-0.05, 0) is 46.2 Å². The van der Waals surface area contributed by atoms with Gasteiger partial charge in [0, 0.05) is 37.8 Å². The number of piperidine rings is 1. The second-order valence-corrected chi connectivity index (χ2v) is 6.24. The number of nitrogens with zero attached hydrogens (tertiary/aromatic N) is 2. The van der Waals surface area contributed by atoms with E-state index in [0.717, 1.165) is 25.2 Å². The van der Waals surface area contributed by atoms with Crippen molar-refractivity contribution in [2.75, 3.05) is 32.7 Å². The Kier molecular flexibility index (Phi) is 5.46. The van der Waals surface area contributed by atoms with Gasteiger partial charge in [0.25, 0.3) is 0 Å². The van der Waals surface area contributed by atoms with E-state index >= 15 is 0 Å². The lowest BCUT2D eigenvalue weighted by Gasteiger charge is -2.49. The molecule has 0 bridgehead atoms. The second-order valence-electron chi connectivity index (χ2n) is 6.24. The van der Waals surface area contributed by atoms with Gasteiger partial charge >= 0.3 is 0 Å². The minimum absolute atomic E-state index is 0.677. The highest BCUT2D eigenvalue weighted by Crippen LogP contribution is 2.25. The Morgan fingerprint density at radius 2 is 2.11 bits per heavy atom. The van der Waals surface area contributed by atoms with Crippen molar-refractivity contribution in [3.8, 4) is 0 Å². The monoisotopic (exact) mass is 253 g/mol. The third-order valence-corrected chi connectivity index (χ3v) is 4.67. The minimum Gasteiger partial charge on any atom is -0.315 e. The van der Waals surface area contributed by atoms with Gasteiger partial charge in [0.15, 0.2) is 0 Å². The van der Waals surface area contributed by atoms with Crippen LogP contribution < -0.4 is 5.32 Å². The minimum atomic E-state index is 0.677. The molecule has 2 aliphatic heterocycles. The van der Waals surface area contributed by atoms with Crippen molar-refractivity contribution >= 4 is 0 Å². The molecule has 0 amide bonds.